The predicted molar refractivity (Wildman–Crippen MR) is 84.3 cm³/mol. The fourth-order valence-corrected chi connectivity index (χ4v) is 1.73. The van der Waals surface area contributed by atoms with Gasteiger partial charge in [-0.3, -0.25) is 5.32 Å². The summed E-state index contributed by atoms with van der Waals surface area (Å²) in [7, 11) is 0. The third kappa shape index (κ3) is 6.28. The van der Waals surface area contributed by atoms with Crippen LogP contribution in [-0.2, 0) is 4.74 Å². The summed E-state index contributed by atoms with van der Waals surface area (Å²) >= 11 is 3.43. The molecule has 1 N–H and O–H groups in total. The molecule has 0 unspecified atom stereocenters. The van der Waals surface area contributed by atoms with Crippen LogP contribution in [-0.4, -0.2) is 18.3 Å². The first-order valence-corrected chi connectivity index (χ1v) is 7.39. The summed E-state index contributed by atoms with van der Waals surface area (Å²) in [6.07, 6.45) is -0.477. The molecular formula is C15H22BrNO3. The van der Waals surface area contributed by atoms with Crippen molar-refractivity contribution in [3.63, 3.8) is 0 Å². The van der Waals surface area contributed by atoms with Crippen molar-refractivity contribution >= 4 is 27.7 Å². The van der Waals surface area contributed by atoms with Crippen molar-refractivity contribution in [1.29, 1.82) is 0 Å². The SMILES string of the molecule is CC(C)COc1cc(NC(=O)OC(C)(C)C)ccc1Br. The first-order chi connectivity index (χ1) is 9.17. The van der Waals surface area contributed by atoms with Gasteiger partial charge in [-0.05, 0) is 54.8 Å². The van der Waals surface area contributed by atoms with E-state index in [-0.39, 0.29) is 0 Å². The van der Waals surface area contributed by atoms with Crippen molar-refractivity contribution in [2.75, 3.05) is 11.9 Å². The van der Waals surface area contributed by atoms with E-state index in [1.165, 1.54) is 0 Å². The zero-order valence-electron chi connectivity index (χ0n) is 12.6. The van der Waals surface area contributed by atoms with E-state index >= 15 is 0 Å². The molecular weight excluding hydrogens is 322 g/mol. The molecule has 0 radical (unpaired) electrons. The molecule has 0 bridgehead atoms. The summed E-state index contributed by atoms with van der Waals surface area (Å²) in [5.74, 6) is 1.14. The lowest BCUT2D eigenvalue weighted by Crippen LogP contribution is -2.27. The average Bonchev–Trinajstić information content (AvgIpc) is 2.27. The van der Waals surface area contributed by atoms with Gasteiger partial charge in [0.05, 0.1) is 11.1 Å². The summed E-state index contributed by atoms with van der Waals surface area (Å²) in [6, 6.07) is 5.40. The number of hydrogen-bond acceptors (Lipinski definition) is 3. The number of ether oxygens (including phenoxy) is 2. The topological polar surface area (TPSA) is 47.6 Å². The van der Waals surface area contributed by atoms with Crippen LogP contribution in [0.15, 0.2) is 22.7 Å². The highest BCUT2D eigenvalue weighted by molar-refractivity contribution is 9.10. The van der Waals surface area contributed by atoms with Crippen molar-refractivity contribution < 1.29 is 14.3 Å². The van der Waals surface area contributed by atoms with E-state index < -0.39 is 11.7 Å². The molecule has 0 spiro atoms. The van der Waals surface area contributed by atoms with Crippen LogP contribution in [0, 0.1) is 5.92 Å². The molecule has 1 rings (SSSR count). The van der Waals surface area contributed by atoms with Gasteiger partial charge in [-0.25, -0.2) is 4.79 Å². The third-order valence-corrected chi connectivity index (χ3v) is 2.80. The zero-order chi connectivity index (χ0) is 15.3. The van der Waals surface area contributed by atoms with Gasteiger partial charge in [0.25, 0.3) is 0 Å². The molecule has 0 atom stereocenters. The number of hydrogen-bond donors (Lipinski definition) is 1. The van der Waals surface area contributed by atoms with Gasteiger partial charge in [-0.15, -0.1) is 0 Å². The minimum absolute atomic E-state index is 0.435. The summed E-state index contributed by atoms with van der Waals surface area (Å²) in [4.78, 5) is 11.7. The number of carbonyl (C=O) groups is 1. The van der Waals surface area contributed by atoms with Crippen LogP contribution in [0.4, 0.5) is 10.5 Å². The molecule has 0 aliphatic carbocycles. The molecule has 1 aromatic carbocycles. The average molecular weight is 344 g/mol. The second-order valence-corrected chi connectivity index (χ2v) is 6.83. The first-order valence-electron chi connectivity index (χ1n) is 6.60. The minimum Gasteiger partial charge on any atom is -0.492 e. The Kier molecular flexibility index (Phi) is 5.87. The molecule has 0 aromatic heterocycles. The van der Waals surface area contributed by atoms with E-state index in [1.807, 2.05) is 26.8 Å². The largest absolute Gasteiger partial charge is 0.492 e. The van der Waals surface area contributed by atoms with Crippen LogP contribution >= 0.6 is 15.9 Å². The normalized spacial score (nSPS) is 11.3. The Bertz CT molecular complexity index is 467. The van der Waals surface area contributed by atoms with Crippen LogP contribution in [0.3, 0.4) is 0 Å². The lowest BCUT2D eigenvalue weighted by Gasteiger charge is -2.20. The van der Waals surface area contributed by atoms with Gasteiger partial charge in [0.2, 0.25) is 0 Å². The molecule has 0 aliphatic rings. The maximum atomic E-state index is 11.7. The molecule has 0 heterocycles. The van der Waals surface area contributed by atoms with Gasteiger partial charge in [0, 0.05) is 11.8 Å². The number of anilines is 1. The molecule has 5 heteroatoms. The van der Waals surface area contributed by atoms with Crippen LogP contribution < -0.4 is 10.1 Å². The van der Waals surface area contributed by atoms with E-state index in [1.54, 1.807) is 12.1 Å². The molecule has 1 amide bonds. The van der Waals surface area contributed by atoms with Gasteiger partial charge in [0.15, 0.2) is 0 Å². The summed E-state index contributed by atoms with van der Waals surface area (Å²) in [5, 5.41) is 2.69. The predicted octanol–water partition coefficient (Wildman–Crippen LogP) is 4.83. The van der Waals surface area contributed by atoms with Gasteiger partial charge in [0.1, 0.15) is 11.4 Å². The zero-order valence-corrected chi connectivity index (χ0v) is 14.2. The quantitative estimate of drug-likeness (QED) is 0.851. The third-order valence-electron chi connectivity index (χ3n) is 2.15. The minimum atomic E-state index is -0.517. The van der Waals surface area contributed by atoms with Gasteiger partial charge in [-0.1, -0.05) is 13.8 Å². The molecule has 0 fully saturated rings. The standard InChI is InChI=1S/C15H22BrNO3/c1-10(2)9-19-13-8-11(6-7-12(13)16)17-14(18)20-15(3,4)5/h6-8,10H,9H2,1-5H3,(H,17,18). The van der Waals surface area contributed by atoms with Crippen molar-refractivity contribution in [3.05, 3.63) is 22.7 Å². The highest BCUT2D eigenvalue weighted by atomic mass is 79.9. The smallest absolute Gasteiger partial charge is 0.412 e. The van der Waals surface area contributed by atoms with Crippen LogP contribution in [0.5, 0.6) is 5.75 Å². The van der Waals surface area contributed by atoms with E-state index in [0.29, 0.717) is 24.0 Å². The lowest BCUT2D eigenvalue weighted by molar-refractivity contribution is 0.0636. The molecule has 0 saturated carbocycles. The molecule has 1 aromatic rings. The Morgan fingerprint density at radius 2 is 2.00 bits per heavy atom. The van der Waals surface area contributed by atoms with Gasteiger partial charge < -0.3 is 9.47 Å². The van der Waals surface area contributed by atoms with E-state index in [0.717, 1.165) is 4.47 Å². The molecule has 4 nitrogen and oxygen atoms in total. The number of amides is 1. The lowest BCUT2D eigenvalue weighted by atomic mass is 10.2. The monoisotopic (exact) mass is 343 g/mol. The summed E-state index contributed by atoms with van der Waals surface area (Å²) < 4.78 is 11.7. The van der Waals surface area contributed by atoms with Crippen LogP contribution in [0.2, 0.25) is 0 Å². The Morgan fingerprint density at radius 3 is 2.55 bits per heavy atom. The van der Waals surface area contributed by atoms with Gasteiger partial charge in [-0.2, -0.15) is 0 Å². The highest BCUT2D eigenvalue weighted by Gasteiger charge is 2.16. The molecule has 112 valence electrons. The Morgan fingerprint density at radius 1 is 1.35 bits per heavy atom. The number of carbonyl (C=O) groups excluding carboxylic acids is 1. The van der Waals surface area contributed by atoms with Crippen LogP contribution in [0.25, 0.3) is 0 Å². The van der Waals surface area contributed by atoms with Gasteiger partial charge >= 0.3 is 6.09 Å². The Labute approximate surface area is 129 Å². The molecule has 0 aliphatic heterocycles. The molecule has 0 saturated heterocycles. The maximum absolute atomic E-state index is 11.7. The fraction of sp³-hybridized carbons (Fsp3) is 0.533. The highest BCUT2D eigenvalue weighted by Crippen LogP contribution is 2.29. The summed E-state index contributed by atoms with van der Waals surface area (Å²) in [6.45, 7) is 10.3. The maximum Gasteiger partial charge on any atom is 0.412 e. The Balaban J connectivity index is 2.72. The van der Waals surface area contributed by atoms with E-state index in [9.17, 15) is 4.79 Å². The van der Waals surface area contributed by atoms with E-state index in [4.69, 9.17) is 9.47 Å². The van der Waals surface area contributed by atoms with Crippen molar-refractivity contribution in [3.8, 4) is 5.75 Å². The number of benzene rings is 1. The number of halogens is 1. The second kappa shape index (κ2) is 6.97. The summed E-state index contributed by atoms with van der Waals surface area (Å²) in [5.41, 5.74) is 0.123. The first kappa shape index (κ1) is 16.8. The second-order valence-electron chi connectivity index (χ2n) is 5.98. The van der Waals surface area contributed by atoms with E-state index in [2.05, 4.69) is 35.1 Å². The fourth-order valence-electron chi connectivity index (χ4n) is 1.37. The van der Waals surface area contributed by atoms with Crippen molar-refractivity contribution in [2.24, 2.45) is 5.92 Å². The van der Waals surface area contributed by atoms with Crippen molar-refractivity contribution in [2.45, 2.75) is 40.2 Å². The Hall–Kier alpha value is -1.23. The molecule has 20 heavy (non-hydrogen) atoms. The number of nitrogens with one attached hydrogen (secondary N) is 1. The van der Waals surface area contributed by atoms with Crippen molar-refractivity contribution in [1.82, 2.24) is 0 Å². The van der Waals surface area contributed by atoms with Crippen LogP contribution in [0.1, 0.15) is 34.6 Å². The number of rotatable bonds is 4.